The van der Waals surface area contributed by atoms with Gasteiger partial charge in [0.2, 0.25) is 5.88 Å². The van der Waals surface area contributed by atoms with E-state index in [1.807, 2.05) is 39.8 Å². The summed E-state index contributed by atoms with van der Waals surface area (Å²) in [6.45, 7) is 8.81. The number of carbonyl (C=O) groups is 1. The van der Waals surface area contributed by atoms with Crippen molar-refractivity contribution in [1.82, 2.24) is 9.88 Å². The van der Waals surface area contributed by atoms with Crippen LogP contribution in [0.2, 0.25) is 0 Å². The van der Waals surface area contributed by atoms with Gasteiger partial charge in [-0.3, -0.25) is 0 Å². The summed E-state index contributed by atoms with van der Waals surface area (Å²) < 4.78 is 10.4. The van der Waals surface area contributed by atoms with E-state index < -0.39 is 5.60 Å². The third-order valence-corrected chi connectivity index (χ3v) is 3.16. The van der Waals surface area contributed by atoms with Crippen LogP contribution in [0.1, 0.15) is 26.5 Å². The topological polar surface area (TPSA) is 63.7 Å². The van der Waals surface area contributed by atoms with Crippen LogP contribution in [0.4, 0.5) is 10.5 Å². The molecule has 6 nitrogen and oxygen atoms in total. The van der Waals surface area contributed by atoms with Gasteiger partial charge in [-0.25, -0.2) is 9.78 Å². The minimum atomic E-state index is -0.452. The van der Waals surface area contributed by atoms with Crippen molar-refractivity contribution in [2.75, 3.05) is 25.5 Å². The summed E-state index contributed by atoms with van der Waals surface area (Å²) >= 11 is 0. The van der Waals surface area contributed by atoms with E-state index in [2.05, 4.69) is 10.3 Å². The molecule has 1 N–H and O–H groups in total. The molecule has 0 spiro atoms. The molecule has 0 saturated carbocycles. The Labute approximate surface area is 125 Å². The molecular formula is C15H23N3O3. The molecule has 0 aromatic carbocycles. The fraction of sp³-hybridized carbons (Fsp3) is 0.600. The van der Waals surface area contributed by atoms with Crippen molar-refractivity contribution in [2.45, 2.75) is 39.3 Å². The minimum Gasteiger partial charge on any atom is -0.481 e. The number of aryl methyl sites for hydroxylation is 1. The molecule has 1 saturated heterocycles. The molecule has 0 atom stereocenters. The highest BCUT2D eigenvalue weighted by molar-refractivity contribution is 5.69. The van der Waals surface area contributed by atoms with Crippen LogP contribution in [0.15, 0.2) is 12.1 Å². The number of pyridine rings is 1. The summed E-state index contributed by atoms with van der Waals surface area (Å²) in [6.07, 6.45) is -0.259. The lowest BCUT2D eigenvalue weighted by molar-refractivity contribution is 0.0105. The molecule has 0 aliphatic carbocycles. The van der Waals surface area contributed by atoms with Gasteiger partial charge >= 0.3 is 6.09 Å². The second kappa shape index (κ2) is 5.79. The second-order valence-electron chi connectivity index (χ2n) is 6.21. The largest absolute Gasteiger partial charge is 0.481 e. The summed E-state index contributed by atoms with van der Waals surface area (Å²) in [6, 6.07) is 3.99. The van der Waals surface area contributed by atoms with Gasteiger partial charge in [-0.15, -0.1) is 0 Å². The number of hydrogen-bond acceptors (Lipinski definition) is 5. The Balaban J connectivity index is 1.84. The molecule has 1 aliphatic heterocycles. The third kappa shape index (κ3) is 4.00. The summed E-state index contributed by atoms with van der Waals surface area (Å²) in [5.74, 6) is 0.599. The van der Waals surface area contributed by atoms with Gasteiger partial charge in [0, 0.05) is 19.2 Å². The van der Waals surface area contributed by atoms with Crippen molar-refractivity contribution in [1.29, 1.82) is 0 Å². The second-order valence-corrected chi connectivity index (χ2v) is 6.21. The van der Waals surface area contributed by atoms with Crippen molar-refractivity contribution in [3.05, 3.63) is 17.8 Å². The highest BCUT2D eigenvalue weighted by atomic mass is 16.6. The quantitative estimate of drug-likeness (QED) is 0.927. The lowest BCUT2D eigenvalue weighted by atomic mass is 10.1. The molecule has 1 aromatic rings. The minimum absolute atomic E-state index is 0.228. The van der Waals surface area contributed by atoms with Gasteiger partial charge in [0.25, 0.3) is 0 Å². The van der Waals surface area contributed by atoms with E-state index >= 15 is 0 Å². The average Bonchev–Trinajstić information content (AvgIpc) is 2.32. The fourth-order valence-corrected chi connectivity index (χ4v) is 2.07. The lowest BCUT2D eigenvalue weighted by Gasteiger charge is -2.40. The Hall–Kier alpha value is -1.98. The standard InChI is InChI=1S/C15H23N3O3/c1-10-12(6-7-13(16-10)20-5)17-11-8-18(9-11)14(19)21-15(2,3)4/h6-7,11,17H,8-9H2,1-5H3. The fourth-order valence-electron chi connectivity index (χ4n) is 2.07. The van der Waals surface area contributed by atoms with Crippen molar-refractivity contribution in [3.8, 4) is 5.88 Å². The van der Waals surface area contributed by atoms with E-state index in [1.165, 1.54) is 0 Å². The maximum Gasteiger partial charge on any atom is 0.410 e. The normalized spacial score (nSPS) is 15.4. The number of methoxy groups -OCH3 is 1. The van der Waals surface area contributed by atoms with Crippen LogP contribution >= 0.6 is 0 Å². The van der Waals surface area contributed by atoms with Gasteiger partial charge in [0.15, 0.2) is 0 Å². The van der Waals surface area contributed by atoms with E-state index in [1.54, 1.807) is 12.0 Å². The van der Waals surface area contributed by atoms with Gasteiger partial charge in [-0.05, 0) is 33.8 Å². The van der Waals surface area contributed by atoms with Gasteiger partial charge in [-0.1, -0.05) is 0 Å². The van der Waals surface area contributed by atoms with E-state index in [0.29, 0.717) is 19.0 Å². The molecule has 1 aromatic heterocycles. The van der Waals surface area contributed by atoms with Crippen LogP contribution < -0.4 is 10.1 Å². The number of nitrogens with zero attached hydrogens (tertiary/aromatic N) is 2. The van der Waals surface area contributed by atoms with Crippen LogP contribution in [0.25, 0.3) is 0 Å². The number of aromatic nitrogens is 1. The Kier molecular flexibility index (Phi) is 4.25. The van der Waals surface area contributed by atoms with E-state index in [-0.39, 0.29) is 12.1 Å². The lowest BCUT2D eigenvalue weighted by Crippen LogP contribution is -2.58. The highest BCUT2D eigenvalue weighted by Gasteiger charge is 2.33. The number of nitrogens with one attached hydrogen (secondary N) is 1. The summed E-state index contributed by atoms with van der Waals surface area (Å²) in [5, 5.41) is 3.38. The first-order valence-corrected chi connectivity index (χ1v) is 7.04. The molecule has 21 heavy (non-hydrogen) atoms. The SMILES string of the molecule is COc1ccc(NC2CN(C(=O)OC(C)(C)C)C2)c(C)n1. The zero-order chi connectivity index (χ0) is 15.6. The van der Waals surface area contributed by atoms with Gasteiger partial charge in [0.1, 0.15) is 5.60 Å². The number of rotatable bonds is 3. The number of ether oxygens (including phenoxy) is 2. The third-order valence-electron chi connectivity index (χ3n) is 3.16. The zero-order valence-corrected chi connectivity index (χ0v) is 13.3. The Morgan fingerprint density at radius 1 is 1.38 bits per heavy atom. The first kappa shape index (κ1) is 15.4. The molecule has 2 rings (SSSR count). The van der Waals surface area contributed by atoms with E-state index in [4.69, 9.17) is 9.47 Å². The molecule has 1 amide bonds. The van der Waals surface area contributed by atoms with Gasteiger partial charge in [0.05, 0.1) is 24.5 Å². The molecule has 1 fully saturated rings. The zero-order valence-electron chi connectivity index (χ0n) is 13.3. The number of amides is 1. The molecular weight excluding hydrogens is 270 g/mol. The van der Waals surface area contributed by atoms with Gasteiger partial charge in [-0.2, -0.15) is 0 Å². The molecule has 116 valence electrons. The monoisotopic (exact) mass is 293 g/mol. The van der Waals surface area contributed by atoms with Gasteiger partial charge < -0.3 is 19.7 Å². The maximum absolute atomic E-state index is 11.8. The summed E-state index contributed by atoms with van der Waals surface area (Å²) in [4.78, 5) is 17.8. The maximum atomic E-state index is 11.8. The molecule has 2 heterocycles. The Bertz CT molecular complexity index is 519. The summed E-state index contributed by atoms with van der Waals surface area (Å²) in [5.41, 5.74) is 1.39. The van der Waals surface area contributed by atoms with Crippen LogP contribution in [0.5, 0.6) is 5.88 Å². The number of likely N-dealkylation sites (tertiary alicyclic amines) is 1. The van der Waals surface area contributed by atoms with Crippen LogP contribution in [0.3, 0.4) is 0 Å². The van der Waals surface area contributed by atoms with Crippen molar-refractivity contribution in [2.24, 2.45) is 0 Å². The first-order chi connectivity index (χ1) is 9.78. The predicted octanol–water partition coefficient (Wildman–Crippen LogP) is 2.43. The Morgan fingerprint density at radius 3 is 2.57 bits per heavy atom. The molecule has 0 bridgehead atoms. The molecule has 1 aliphatic rings. The molecule has 0 radical (unpaired) electrons. The Morgan fingerprint density at radius 2 is 2.05 bits per heavy atom. The molecule has 0 unspecified atom stereocenters. The van der Waals surface area contributed by atoms with E-state index in [9.17, 15) is 4.79 Å². The van der Waals surface area contributed by atoms with Crippen molar-refractivity contribution >= 4 is 11.8 Å². The average molecular weight is 293 g/mol. The number of hydrogen-bond donors (Lipinski definition) is 1. The number of carbonyl (C=O) groups excluding carboxylic acids is 1. The smallest absolute Gasteiger partial charge is 0.410 e. The van der Waals surface area contributed by atoms with E-state index in [0.717, 1.165) is 11.4 Å². The van der Waals surface area contributed by atoms with Crippen LogP contribution in [-0.2, 0) is 4.74 Å². The predicted molar refractivity (Wildman–Crippen MR) is 80.7 cm³/mol. The highest BCUT2D eigenvalue weighted by Crippen LogP contribution is 2.22. The van der Waals surface area contributed by atoms with Crippen LogP contribution in [0, 0.1) is 6.92 Å². The van der Waals surface area contributed by atoms with Crippen molar-refractivity contribution in [3.63, 3.8) is 0 Å². The molecule has 6 heteroatoms. The van der Waals surface area contributed by atoms with Crippen LogP contribution in [-0.4, -0.2) is 47.8 Å². The number of anilines is 1. The first-order valence-electron chi connectivity index (χ1n) is 7.04. The summed E-state index contributed by atoms with van der Waals surface area (Å²) in [7, 11) is 1.60. The van der Waals surface area contributed by atoms with Crippen molar-refractivity contribution < 1.29 is 14.3 Å².